The van der Waals surface area contributed by atoms with Crippen molar-refractivity contribution in [2.45, 2.75) is 12.8 Å². The lowest BCUT2D eigenvalue weighted by Crippen LogP contribution is -1.91. The minimum Gasteiger partial charge on any atom is -0.245 e. The summed E-state index contributed by atoms with van der Waals surface area (Å²) in [4.78, 5) is 3.86. The predicted molar refractivity (Wildman–Crippen MR) is 55.6 cm³/mol. The Bertz CT molecular complexity index is 410. The van der Waals surface area contributed by atoms with Crippen molar-refractivity contribution in [1.82, 2.24) is 4.98 Å². The van der Waals surface area contributed by atoms with Crippen LogP contribution in [0.2, 0.25) is 5.15 Å². The van der Waals surface area contributed by atoms with Crippen molar-refractivity contribution in [3.05, 3.63) is 47.0 Å². The third-order valence-electron chi connectivity index (χ3n) is 2.14. The molecule has 72 valence electrons. The molecule has 1 aliphatic rings. The second-order valence-electron chi connectivity index (χ2n) is 3.13. The van der Waals surface area contributed by atoms with Crippen LogP contribution in [0.25, 0.3) is 5.57 Å². The van der Waals surface area contributed by atoms with Crippen LogP contribution in [-0.4, -0.2) is 4.98 Å². The summed E-state index contributed by atoms with van der Waals surface area (Å²) in [5.41, 5.74) is 1.42. The summed E-state index contributed by atoms with van der Waals surface area (Å²) in [6.45, 7) is 0. The Morgan fingerprint density at radius 2 is 2.29 bits per heavy atom. The van der Waals surface area contributed by atoms with E-state index in [1.54, 1.807) is 24.4 Å². The second-order valence-corrected chi connectivity index (χ2v) is 3.51. The van der Waals surface area contributed by atoms with Crippen LogP contribution in [0.5, 0.6) is 0 Å². The standard InChI is InChI=1S/C11H9ClFN/c12-11-7-8(5-6-14-11)9-3-1-2-4-10(9)13/h1,3,5-7H,2,4H2. The van der Waals surface area contributed by atoms with Crippen LogP contribution in [0.15, 0.2) is 36.3 Å². The van der Waals surface area contributed by atoms with Gasteiger partial charge in [0.25, 0.3) is 0 Å². The summed E-state index contributed by atoms with van der Waals surface area (Å²) >= 11 is 5.73. The van der Waals surface area contributed by atoms with Crippen molar-refractivity contribution in [3.8, 4) is 0 Å². The number of pyridine rings is 1. The molecule has 0 saturated heterocycles. The first-order chi connectivity index (χ1) is 6.77. The smallest absolute Gasteiger partial charge is 0.129 e. The second kappa shape index (κ2) is 3.93. The number of hydrogen-bond donors (Lipinski definition) is 0. The van der Waals surface area contributed by atoms with Crippen molar-refractivity contribution >= 4 is 17.2 Å². The molecule has 0 radical (unpaired) electrons. The number of allylic oxidation sites excluding steroid dienone is 4. The molecule has 0 aliphatic heterocycles. The maximum absolute atomic E-state index is 13.4. The molecule has 1 aromatic rings. The van der Waals surface area contributed by atoms with E-state index in [9.17, 15) is 4.39 Å². The van der Waals surface area contributed by atoms with E-state index in [0.717, 1.165) is 12.0 Å². The molecular weight excluding hydrogens is 201 g/mol. The van der Waals surface area contributed by atoms with Crippen LogP contribution in [0.3, 0.4) is 0 Å². The molecule has 3 heteroatoms. The first-order valence-corrected chi connectivity index (χ1v) is 4.82. The van der Waals surface area contributed by atoms with Crippen molar-refractivity contribution in [1.29, 1.82) is 0 Å². The highest BCUT2D eigenvalue weighted by Gasteiger charge is 2.09. The molecule has 2 rings (SSSR count). The van der Waals surface area contributed by atoms with Gasteiger partial charge < -0.3 is 0 Å². The number of halogens is 2. The minimum absolute atomic E-state index is 0.0743. The molecule has 0 fully saturated rings. The molecule has 0 aromatic carbocycles. The normalized spacial score (nSPS) is 16.1. The van der Waals surface area contributed by atoms with Gasteiger partial charge in [0.2, 0.25) is 0 Å². The number of rotatable bonds is 1. The van der Waals surface area contributed by atoms with Gasteiger partial charge >= 0.3 is 0 Å². The van der Waals surface area contributed by atoms with Gasteiger partial charge in [-0.3, -0.25) is 0 Å². The summed E-state index contributed by atoms with van der Waals surface area (Å²) in [6, 6.07) is 3.43. The Hall–Kier alpha value is -1.15. The number of nitrogens with zero attached hydrogens (tertiary/aromatic N) is 1. The highest BCUT2D eigenvalue weighted by atomic mass is 35.5. The van der Waals surface area contributed by atoms with E-state index in [0.29, 0.717) is 17.1 Å². The molecule has 0 atom stereocenters. The zero-order valence-corrected chi connectivity index (χ0v) is 8.26. The molecule has 0 saturated carbocycles. The van der Waals surface area contributed by atoms with E-state index in [4.69, 9.17) is 11.6 Å². The Labute approximate surface area is 86.9 Å². The fourth-order valence-corrected chi connectivity index (χ4v) is 1.63. The van der Waals surface area contributed by atoms with Crippen molar-refractivity contribution in [3.63, 3.8) is 0 Å². The molecule has 1 aromatic heterocycles. The monoisotopic (exact) mass is 209 g/mol. The Morgan fingerprint density at radius 1 is 1.43 bits per heavy atom. The molecule has 0 bridgehead atoms. The van der Waals surface area contributed by atoms with E-state index in [1.807, 2.05) is 6.08 Å². The van der Waals surface area contributed by atoms with Gasteiger partial charge in [-0.25, -0.2) is 9.37 Å². The molecular formula is C11H9ClFN. The van der Waals surface area contributed by atoms with Crippen molar-refractivity contribution in [2.24, 2.45) is 0 Å². The molecule has 0 spiro atoms. The van der Waals surface area contributed by atoms with Gasteiger partial charge in [-0.2, -0.15) is 0 Å². The topological polar surface area (TPSA) is 12.9 Å². The van der Waals surface area contributed by atoms with E-state index in [-0.39, 0.29) is 5.83 Å². The number of hydrogen-bond acceptors (Lipinski definition) is 1. The highest BCUT2D eigenvalue weighted by molar-refractivity contribution is 6.29. The van der Waals surface area contributed by atoms with Gasteiger partial charge in [0, 0.05) is 18.2 Å². The van der Waals surface area contributed by atoms with Gasteiger partial charge in [-0.05, 0) is 24.1 Å². The van der Waals surface area contributed by atoms with Gasteiger partial charge in [-0.15, -0.1) is 0 Å². The van der Waals surface area contributed by atoms with E-state index < -0.39 is 0 Å². The predicted octanol–water partition coefficient (Wildman–Crippen LogP) is 3.77. The molecule has 1 nitrogen and oxygen atoms in total. The summed E-state index contributed by atoms with van der Waals surface area (Å²) in [7, 11) is 0. The van der Waals surface area contributed by atoms with Crippen LogP contribution in [-0.2, 0) is 0 Å². The van der Waals surface area contributed by atoms with Gasteiger partial charge in [-0.1, -0.05) is 23.8 Å². The zero-order valence-electron chi connectivity index (χ0n) is 7.50. The highest BCUT2D eigenvalue weighted by Crippen LogP contribution is 2.28. The van der Waals surface area contributed by atoms with Gasteiger partial charge in [0.1, 0.15) is 11.0 Å². The summed E-state index contributed by atoms with van der Waals surface area (Å²) < 4.78 is 13.4. The third-order valence-corrected chi connectivity index (χ3v) is 2.35. The first-order valence-electron chi connectivity index (χ1n) is 4.44. The average molecular weight is 210 g/mol. The summed E-state index contributed by atoms with van der Waals surface area (Å²) in [5, 5.41) is 0.391. The van der Waals surface area contributed by atoms with Crippen LogP contribution in [0.1, 0.15) is 18.4 Å². The zero-order chi connectivity index (χ0) is 9.97. The van der Waals surface area contributed by atoms with E-state index >= 15 is 0 Å². The Kier molecular flexibility index (Phi) is 2.64. The lowest BCUT2D eigenvalue weighted by Gasteiger charge is -2.09. The molecule has 14 heavy (non-hydrogen) atoms. The fraction of sp³-hybridized carbons (Fsp3) is 0.182. The Morgan fingerprint density at radius 3 is 3.00 bits per heavy atom. The van der Waals surface area contributed by atoms with E-state index in [2.05, 4.69) is 4.98 Å². The van der Waals surface area contributed by atoms with Crippen molar-refractivity contribution in [2.75, 3.05) is 0 Å². The van der Waals surface area contributed by atoms with Crippen molar-refractivity contribution < 1.29 is 4.39 Å². The van der Waals surface area contributed by atoms with Crippen LogP contribution in [0.4, 0.5) is 4.39 Å². The molecule has 0 amide bonds. The lowest BCUT2D eigenvalue weighted by atomic mass is 10.00. The maximum atomic E-state index is 13.4. The van der Waals surface area contributed by atoms with Gasteiger partial charge in [0.05, 0.1) is 0 Å². The minimum atomic E-state index is -0.0743. The molecule has 1 heterocycles. The average Bonchev–Trinajstić information content (AvgIpc) is 2.18. The summed E-state index contributed by atoms with van der Waals surface area (Å²) in [6.07, 6.45) is 6.59. The first kappa shape index (κ1) is 9.41. The third kappa shape index (κ3) is 1.85. The maximum Gasteiger partial charge on any atom is 0.129 e. The molecule has 0 unspecified atom stereocenters. The fourth-order valence-electron chi connectivity index (χ4n) is 1.46. The SMILES string of the molecule is FC1=C(c2ccnc(Cl)c2)C=CCC1. The van der Waals surface area contributed by atoms with Crippen LogP contribution < -0.4 is 0 Å². The Balaban J connectivity index is 2.44. The van der Waals surface area contributed by atoms with E-state index in [1.165, 1.54) is 0 Å². The van der Waals surface area contributed by atoms with Crippen LogP contribution >= 0.6 is 11.6 Å². The lowest BCUT2D eigenvalue weighted by molar-refractivity contribution is 0.592. The molecule has 1 aliphatic carbocycles. The number of aromatic nitrogens is 1. The largest absolute Gasteiger partial charge is 0.245 e. The molecule has 0 N–H and O–H groups in total. The van der Waals surface area contributed by atoms with Crippen LogP contribution in [0, 0.1) is 0 Å². The van der Waals surface area contributed by atoms with Gasteiger partial charge in [0.15, 0.2) is 0 Å². The summed E-state index contributed by atoms with van der Waals surface area (Å²) in [5.74, 6) is -0.0743. The quantitative estimate of drug-likeness (QED) is 0.642.